The third-order valence-electron chi connectivity index (χ3n) is 2.35. The van der Waals surface area contributed by atoms with Crippen LogP contribution < -0.4 is 10.1 Å². The second kappa shape index (κ2) is 6.26. The summed E-state index contributed by atoms with van der Waals surface area (Å²) in [5, 5.41) is 22.4. The molecule has 1 rings (SSSR count). The summed E-state index contributed by atoms with van der Waals surface area (Å²) in [5.74, 6) is 1.33. The number of nitrogens with one attached hydrogen (secondary N) is 1. The number of aliphatic carboxylic acids is 1. The lowest BCUT2D eigenvalue weighted by molar-refractivity contribution is -0.384. The number of carboxylic acid groups (broad SMARTS) is 1. The average molecular weight is 264 g/mol. The van der Waals surface area contributed by atoms with Crippen LogP contribution >= 0.6 is 0 Å². The lowest BCUT2D eigenvalue weighted by atomic mass is 10.2. The number of carboxylic acids is 1. The van der Waals surface area contributed by atoms with Crippen LogP contribution in [0, 0.1) is 22.5 Å². The number of nitrogens with zero attached hydrogens (tertiary/aromatic N) is 1. The van der Waals surface area contributed by atoms with Crippen LogP contribution in [0.25, 0.3) is 0 Å². The van der Waals surface area contributed by atoms with Crippen molar-refractivity contribution in [1.82, 2.24) is 0 Å². The maximum Gasteiger partial charge on any atom is 0.327 e. The molecule has 0 heterocycles. The van der Waals surface area contributed by atoms with Gasteiger partial charge in [-0.3, -0.25) is 10.1 Å². The number of hydrogen-bond donors (Lipinski definition) is 2. The van der Waals surface area contributed by atoms with E-state index in [0.29, 0.717) is 5.75 Å². The Bertz CT molecular complexity index is 535. The zero-order valence-corrected chi connectivity index (χ0v) is 10.1. The van der Waals surface area contributed by atoms with E-state index in [1.54, 1.807) is 0 Å². The van der Waals surface area contributed by atoms with Gasteiger partial charge in [0.05, 0.1) is 18.1 Å². The fourth-order valence-electron chi connectivity index (χ4n) is 1.42. The van der Waals surface area contributed by atoms with E-state index in [4.69, 9.17) is 16.3 Å². The van der Waals surface area contributed by atoms with E-state index in [9.17, 15) is 14.9 Å². The molecule has 0 saturated heterocycles. The Morgan fingerprint density at radius 1 is 1.68 bits per heavy atom. The molecule has 7 nitrogen and oxygen atoms in total. The molecular weight excluding hydrogens is 252 g/mol. The predicted molar refractivity (Wildman–Crippen MR) is 68.1 cm³/mol. The molecule has 1 aromatic carbocycles. The Balaban J connectivity index is 3.09. The molecule has 0 bridgehead atoms. The number of methoxy groups -OCH3 is 1. The van der Waals surface area contributed by atoms with Crippen LogP contribution in [0.4, 0.5) is 11.4 Å². The second-order valence-corrected chi connectivity index (χ2v) is 3.58. The summed E-state index contributed by atoms with van der Waals surface area (Å²) in [6, 6.07) is 2.99. The van der Waals surface area contributed by atoms with Crippen LogP contribution in [-0.4, -0.2) is 29.2 Å². The van der Waals surface area contributed by atoms with Crippen LogP contribution in [0.5, 0.6) is 5.75 Å². The Morgan fingerprint density at radius 3 is 2.84 bits per heavy atom. The first-order valence-corrected chi connectivity index (χ1v) is 5.24. The third kappa shape index (κ3) is 3.61. The zero-order valence-electron chi connectivity index (χ0n) is 10.1. The van der Waals surface area contributed by atoms with Crippen molar-refractivity contribution >= 4 is 17.3 Å². The topological polar surface area (TPSA) is 102 Å². The Hall–Kier alpha value is -2.75. The summed E-state index contributed by atoms with van der Waals surface area (Å²) < 4.78 is 4.88. The molecule has 0 aliphatic rings. The molecular formula is C12H12N2O5. The molecule has 0 aliphatic carbocycles. The number of ether oxygens (including phenoxy) is 1. The van der Waals surface area contributed by atoms with Gasteiger partial charge in [0, 0.05) is 6.42 Å². The molecule has 0 aliphatic heterocycles. The molecule has 0 spiro atoms. The molecule has 100 valence electrons. The monoisotopic (exact) mass is 264 g/mol. The standard InChI is InChI=1S/C12H12N2O5/c1-3-4-10(12(15)16)13-9-6-5-8(19-2)7-11(9)14(17)18/h1,5-7,10,13H,4H2,2H3,(H,15,16). The van der Waals surface area contributed by atoms with E-state index in [2.05, 4.69) is 11.2 Å². The van der Waals surface area contributed by atoms with Gasteiger partial charge in [0.1, 0.15) is 17.5 Å². The molecule has 1 atom stereocenters. The van der Waals surface area contributed by atoms with Gasteiger partial charge in [-0.15, -0.1) is 12.3 Å². The largest absolute Gasteiger partial charge is 0.496 e. The van der Waals surface area contributed by atoms with Gasteiger partial charge < -0.3 is 15.2 Å². The number of benzene rings is 1. The van der Waals surface area contributed by atoms with Gasteiger partial charge in [0.2, 0.25) is 0 Å². The van der Waals surface area contributed by atoms with Gasteiger partial charge in [-0.1, -0.05) is 0 Å². The van der Waals surface area contributed by atoms with Crippen molar-refractivity contribution in [1.29, 1.82) is 0 Å². The van der Waals surface area contributed by atoms with Crippen molar-refractivity contribution < 1.29 is 19.6 Å². The van der Waals surface area contributed by atoms with Gasteiger partial charge in [0.15, 0.2) is 0 Å². The van der Waals surface area contributed by atoms with Crippen LogP contribution in [0.2, 0.25) is 0 Å². The first kappa shape index (κ1) is 14.3. The zero-order chi connectivity index (χ0) is 14.4. The highest BCUT2D eigenvalue weighted by atomic mass is 16.6. The van der Waals surface area contributed by atoms with E-state index in [1.807, 2.05) is 0 Å². The summed E-state index contributed by atoms with van der Waals surface area (Å²) in [5.41, 5.74) is -0.198. The van der Waals surface area contributed by atoms with Crippen LogP contribution in [-0.2, 0) is 4.79 Å². The molecule has 0 aromatic heterocycles. The molecule has 0 saturated carbocycles. The highest BCUT2D eigenvalue weighted by molar-refractivity contribution is 5.79. The number of nitro benzene ring substituents is 1. The maximum atomic E-state index is 10.9. The lowest BCUT2D eigenvalue weighted by Gasteiger charge is -2.13. The van der Waals surface area contributed by atoms with Gasteiger partial charge in [0.25, 0.3) is 5.69 Å². The van der Waals surface area contributed by atoms with Gasteiger partial charge in [-0.05, 0) is 12.1 Å². The maximum absolute atomic E-state index is 10.9. The smallest absolute Gasteiger partial charge is 0.327 e. The van der Waals surface area contributed by atoms with Crippen LogP contribution in [0.15, 0.2) is 18.2 Å². The fraction of sp³-hybridized carbons (Fsp3) is 0.250. The van der Waals surface area contributed by atoms with Crippen LogP contribution in [0.1, 0.15) is 6.42 Å². The minimum Gasteiger partial charge on any atom is -0.496 e. The number of anilines is 1. The molecule has 19 heavy (non-hydrogen) atoms. The third-order valence-corrected chi connectivity index (χ3v) is 2.35. The predicted octanol–water partition coefficient (Wildman–Crippen LogP) is 1.49. The lowest BCUT2D eigenvalue weighted by Crippen LogP contribution is -2.29. The SMILES string of the molecule is C#CCC(Nc1ccc(OC)cc1[N+](=O)[O-])C(=O)O. The van der Waals surface area contributed by atoms with Crippen molar-refractivity contribution in [2.75, 3.05) is 12.4 Å². The van der Waals surface area contributed by atoms with Gasteiger partial charge in [-0.25, -0.2) is 4.79 Å². The quantitative estimate of drug-likeness (QED) is 0.458. The van der Waals surface area contributed by atoms with Gasteiger partial charge >= 0.3 is 5.97 Å². The summed E-state index contributed by atoms with van der Waals surface area (Å²) in [7, 11) is 1.38. The highest BCUT2D eigenvalue weighted by Crippen LogP contribution is 2.29. The number of terminal acetylenes is 1. The van der Waals surface area contributed by atoms with E-state index in [1.165, 1.54) is 25.3 Å². The molecule has 2 N–H and O–H groups in total. The Labute approximate surface area is 109 Å². The van der Waals surface area contributed by atoms with Crippen molar-refractivity contribution in [3.63, 3.8) is 0 Å². The van der Waals surface area contributed by atoms with E-state index >= 15 is 0 Å². The molecule has 1 aromatic rings. The summed E-state index contributed by atoms with van der Waals surface area (Å²) in [4.78, 5) is 21.2. The normalized spacial score (nSPS) is 11.2. The van der Waals surface area contributed by atoms with E-state index in [0.717, 1.165) is 0 Å². The first-order chi connectivity index (χ1) is 8.99. The number of carbonyl (C=O) groups is 1. The first-order valence-electron chi connectivity index (χ1n) is 5.24. The number of nitro groups is 1. The highest BCUT2D eigenvalue weighted by Gasteiger charge is 2.21. The summed E-state index contributed by atoms with van der Waals surface area (Å²) in [6.45, 7) is 0. The summed E-state index contributed by atoms with van der Waals surface area (Å²) >= 11 is 0. The van der Waals surface area contributed by atoms with E-state index < -0.39 is 16.9 Å². The van der Waals surface area contributed by atoms with Crippen molar-refractivity contribution in [2.24, 2.45) is 0 Å². The summed E-state index contributed by atoms with van der Waals surface area (Å²) in [6.07, 6.45) is 4.97. The minimum atomic E-state index is -1.18. The van der Waals surface area contributed by atoms with Crippen LogP contribution in [0.3, 0.4) is 0 Å². The molecule has 1 unspecified atom stereocenters. The van der Waals surface area contributed by atoms with Crippen molar-refractivity contribution in [3.05, 3.63) is 28.3 Å². The number of hydrogen-bond acceptors (Lipinski definition) is 5. The fourth-order valence-corrected chi connectivity index (χ4v) is 1.42. The van der Waals surface area contributed by atoms with Gasteiger partial charge in [-0.2, -0.15) is 0 Å². The second-order valence-electron chi connectivity index (χ2n) is 3.58. The van der Waals surface area contributed by atoms with Crippen molar-refractivity contribution in [3.8, 4) is 18.1 Å². The molecule has 7 heteroatoms. The molecule has 0 fully saturated rings. The minimum absolute atomic E-state index is 0.0773. The van der Waals surface area contributed by atoms with E-state index in [-0.39, 0.29) is 17.8 Å². The Morgan fingerprint density at radius 2 is 2.37 bits per heavy atom. The average Bonchev–Trinajstić information content (AvgIpc) is 2.38. The van der Waals surface area contributed by atoms with Crippen molar-refractivity contribution in [2.45, 2.75) is 12.5 Å². The number of rotatable bonds is 6. The molecule has 0 radical (unpaired) electrons. The Kier molecular flexibility index (Phi) is 4.71. The molecule has 0 amide bonds.